The smallest absolute Gasteiger partial charge is 0.213 e. The van der Waals surface area contributed by atoms with Gasteiger partial charge in [-0.15, -0.1) is 0 Å². The van der Waals surface area contributed by atoms with Crippen molar-refractivity contribution in [3.63, 3.8) is 0 Å². The first-order valence-corrected chi connectivity index (χ1v) is 5.35. The van der Waals surface area contributed by atoms with Crippen molar-refractivity contribution in [2.45, 2.75) is 13.5 Å². The zero-order valence-electron chi connectivity index (χ0n) is 9.23. The van der Waals surface area contributed by atoms with Crippen LogP contribution >= 0.6 is 12.2 Å². The van der Waals surface area contributed by atoms with Crippen molar-refractivity contribution in [3.05, 3.63) is 40.6 Å². The molecule has 0 saturated heterocycles. The van der Waals surface area contributed by atoms with Gasteiger partial charge in [-0.05, 0) is 30.8 Å². The van der Waals surface area contributed by atoms with Crippen LogP contribution in [-0.2, 0) is 6.54 Å². The van der Waals surface area contributed by atoms with Crippen molar-refractivity contribution >= 4 is 12.2 Å². The molecule has 0 unspecified atom stereocenters. The number of methoxy groups -OCH3 is 1. The third kappa shape index (κ3) is 2.14. The molecule has 0 aliphatic heterocycles. The van der Waals surface area contributed by atoms with E-state index in [1.165, 1.54) is 0 Å². The van der Waals surface area contributed by atoms with Crippen molar-refractivity contribution in [3.8, 4) is 5.88 Å². The van der Waals surface area contributed by atoms with Gasteiger partial charge >= 0.3 is 0 Å². The molecule has 0 amide bonds. The van der Waals surface area contributed by atoms with Gasteiger partial charge in [0.2, 0.25) is 5.88 Å². The van der Waals surface area contributed by atoms with Crippen LogP contribution in [0, 0.1) is 11.7 Å². The molecule has 0 radical (unpaired) electrons. The van der Waals surface area contributed by atoms with E-state index in [-0.39, 0.29) is 0 Å². The maximum atomic E-state index is 5.19. The molecule has 2 aromatic rings. The van der Waals surface area contributed by atoms with Crippen LogP contribution in [0.1, 0.15) is 11.3 Å². The summed E-state index contributed by atoms with van der Waals surface area (Å²) in [6.07, 6.45) is 3.64. The highest BCUT2D eigenvalue weighted by atomic mass is 32.1. The van der Waals surface area contributed by atoms with Crippen molar-refractivity contribution in [2.24, 2.45) is 0 Å². The second-order valence-electron chi connectivity index (χ2n) is 3.53. The third-order valence-corrected chi connectivity index (χ3v) is 2.76. The van der Waals surface area contributed by atoms with Crippen LogP contribution < -0.4 is 4.74 Å². The fraction of sp³-hybridized carbons (Fsp3) is 0.273. The molecule has 0 aliphatic carbocycles. The highest BCUT2D eigenvalue weighted by Crippen LogP contribution is 2.11. The first kappa shape index (κ1) is 10.9. The number of H-pyrrole nitrogens is 1. The highest BCUT2D eigenvalue weighted by Gasteiger charge is 2.02. The van der Waals surface area contributed by atoms with Crippen LogP contribution in [0.4, 0.5) is 0 Å². The minimum Gasteiger partial charge on any atom is -0.481 e. The summed E-state index contributed by atoms with van der Waals surface area (Å²) in [5.41, 5.74) is 2.23. The SMILES string of the molecule is COc1cc(Cn2c(C)c[nH]c2=S)ccn1. The van der Waals surface area contributed by atoms with Gasteiger partial charge in [-0.25, -0.2) is 4.98 Å². The predicted octanol–water partition coefficient (Wildman–Crippen LogP) is 2.31. The van der Waals surface area contributed by atoms with E-state index in [1.807, 2.05) is 29.8 Å². The van der Waals surface area contributed by atoms with E-state index in [9.17, 15) is 0 Å². The Morgan fingerprint density at radius 1 is 1.56 bits per heavy atom. The quantitative estimate of drug-likeness (QED) is 0.830. The lowest BCUT2D eigenvalue weighted by molar-refractivity contribution is 0.397. The van der Waals surface area contributed by atoms with Crippen LogP contribution in [0.2, 0.25) is 0 Å². The van der Waals surface area contributed by atoms with Crippen molar-refractivity contribution in [1.82, 2.24) is 14.5 Å². The number of aryl methyl sites for hydroxylation is 1. The largest absolute Gasteiger partial charge is 0.481 e. The molecule has 1 N–H and O–H groups in total. The normalized spacial score (nSPS) is 10.4. The molecule has 0 saturated carbocycles. The monoisotopic (exact) mass is 235 g/mol. The fourth-order valence-corrected chi connectivity index (χ4v) is 1.79. The Balaban J connectivity index is 2.30. The van der Waals surface area contributed by atoms with E-state index in [4.69, 9.17) is 17.0 Å². The average molecular weight is 235 g/mol. The molecule has 84 valence electrons. The van der Waals surface area contributed by atoms with Gasteiger partial charge in [-0.2, -0.15) is 0 Å². The minimum absolute atomic E-state index is 0.622. The van der Waals surface area contributed by atoms with Gasteiger partial charge in [0.25, 0.3) is 0 Å². The van der Waals surface area contributed by atoms with Gasteiger partial charge in [0.1, 0.15) is 0 Å². The van der Waals surface area contributed by atoms with E-state index < -0.39 is 0 Å². The lowest BCUT2D eigenvalue weighted by atomic mass is 10.2. The zero-order chi connectivity index (χ0) is 11.5. The Morgan fingerprint density at radius 2 is 2.38 bits per heavy atom. The van der Waals surface area contributed by atoms with Gasteiger partial charge in [-0.1, -0.05) is 0 Å². The van der Waals surface area contributed by atoms with E-state index >= 15 is 0 Å². The van der Waals surface area contributed by atoms with E-state index in [0.717, 1.165) is 22.6 Å². The fourth-order valence-electron chi connectivity index (χ4n) is 1.52. The summed E-state index contributed by atoms with van der Waals surface area (Å²) in [6, 6.07) is 3.87. The molecule has 0 aromatic carbocycles. The second-order valence-corrected chi connectivity index (χ2v) is 3.91. The summed E-state index contributed by atoms with van der Waals surface area (Å²) in [5, 5.41) is 0. The van der Waals surface area contributed by atoms with Crippen molar-refractivity contribution in [1.29, 1.82) is 0 Å². The highest BCUT2D eigenvalue weighted by molar-refractivity contribution is 7.71. The second kappa shape index (κ2) is 4.49. The number of rotatable bonds is 3. The molecule has 0 fully saturated rings. The third-order valence-electron chi connectivity index (χ3n) is 2.42. The maximum Gasteiger partial charge on any atom is 0.213 e. The van der Waals surface area contributed by atoms with Crippen molar-refractivity contribution in [2.75, 3.05) is 7.11 Å². The van der Waals surface area contributed by atoms with Crippen LogP contribution in [0.3, 0.4) is 0 Å². The molecular weight excluding hydrogens is 222 g/mol. The molecule has 5 heteroatoms. The average Bonchev–Trinajstić information content (AvgIpc) is 2.61. The maximum absolute atomic E-state index is 5.19. The molecule has 0 bridgehead atoms. The van der Waals surface area contributed by atoms with Gasteiger partial charge in [0.05, 0.1) is 13.7 Å². The van der Waals surface area contributed by atoms with Crippen LogP contribution in [0.25, 0.3) is 0 Å². The van der Waals surface area contributed by atoms with Crippen LogP contribution in [0.15, 0.2) is 24.5 Å². The molecule has 0 aliphatic rings. The predicted molar refractivity (Wildman–Crippen MR) is 64.2 cm³/mol. The van der Waals surface area contributed by atoms with Crippen LogP contribution in [0.5, 0.6) is 5.88 Å². The number of nitrogens with zero attached hydrogens (tertiary/aromatic N) is 2. The Labute approximate surface area is 98.9 Å². The number of pyridine rings is 1. The first-order chi connectivity index (χ1) is 7.70. The summed E-state index contributed by atoms with van der Waals surface area (Å²) in [5.74, 6) is 0.622. The lowest BCUT2D eigenvalue weighted by Crippen LogP contribution is -2.02. The topological polar surface area (TPSA) is 42.8 Å². The van der Waals surface area contributed by atoms with Crippen LogP contribution in [-0.4, -0.2) is 21.6 Å². The van der Waals surface area contributed by atoms with Gasteiger partial charge in [0, 0.05) is 24.2 Å². The van der Waals surface area contributed by atoms with Crippen molar-refractivity contribution < 1.29 is 4.74 Å². The van der Waals surface area contributed by atoms with Gasteiger partial charge in [-0.3, -0.25) is 0 Å². The molecule has 16 heavy (non-hydrogen) atoms. The molecular formula is C11H13N3OS. The number of hydrogen-bond acceptors (Lipinski definition) is 3. The van der Waals surface area contributed by atoms with Gasteiger partial charge < -0.3 is 14.3 Å². The molecule has 0 spiro atoms. The zero-order valence-corrected chi connectivity index (χ0v) is 10.0. The van der Waals surface area contributed by atoms with Gasteiger partial charge in [0.15, 0.2) is 4.77 Å². The number of aromatic amines is 1. The lowest BCUT2D eigenvalue weighted by Gasteiger charge is -2.06. The van der Waals surface area contributed by atoms with E-state index in [2.05, 4.69) is 9.97 Å². The minimum atomic E-state index is 0.622. The molecule has 0 atom stereocenters. The summed E-state index contributed by atoms with van der Waals surface area (Å²) >= 11 is 5.19. The standard InChI is InChI=1S/C11H13N3OS/c1-8-6-13-11(16)14(8)7-9-3-4-12-10(5-9)15-2/h3-6H,7H2,1-2H3,(H,13,16). The Morgan fingerprint density at radius 3 is 3.00 bits per heavy atom. The first-order valence-electron chi connectivity index (χ1n) is 4.94. The molecule has 2 rings (SSSR count). The van der Waals surface area contributed by atoms with E-state index in [0.29, 0.717) is 5.88 Å². The number of aromatic nitrogens is 3. The molecule has 4 nitrogen and oxygen atoms in total. The molecule has 2 heterocycles. The Hall–Kier alpha value is -1.62. The summed E-state index contributed by atoms with van der Waals surface area (Å²) in [6.45, 7) is 2.75. The summed E-state index contributed by atoms with van der Waals surface area (Å²) in [4.78, 5) is 7.08. The summed E-state index contributed by atoms with van der Waals surface area (Å²) in [7, 11) is 1.61. The number of ether oxygens (including phenoxy) is 1. The summed E-state index contributed by atoms with van der Waals surface area (Å²) < 4.78 is 7.84. The Kier molecular flexibility index (Phi) is 3.05. The number of nitrogens with one attached hydrogen (secondary N) is 1. The molecule has 2 aromatic heterocycles. The Bertz CT molecular complexity index is 544. The van der Waals surface area contributed by atoms with E-state index in [1.54, 1.807) is 13.3 Å². The number of imidazole rings is 1. The number of hydrogen-bond donors (Lipinski definition) is 1.